The van der Waals surface area contributed by atoms with Gasteiger partial charge in [0.15, 0.2) is 0 Å². The molecule has 3 rings (SSSR count). The summed E-state index contributed by atoms with van der Waals surface area (Å²) in [5.41, 5.74) is 0.332. The number of piperazine rings is 1. The maximum atomic E-state index is 12.7. The monoisotopic (exact) mass is 425 g/mol. The van der Waals surface area contributed by atoms with Crippen molar-refractivity contribution >= 4 is 33.4 Å². The molecule has 0 bridgehead atoms. The van der Waals surface area contributed by atoms with Crippen LogP contribution in [0.5, 0.6) is 0 Å². The Labute approximate surface area is 168 Å². The number of benzene rings is 1. The third-order valence-corrected chi connectivity index (χ3v) is 6.67. The van der Waals surface area contributed by atoms with Gasteiger partial charge in [0.1, 0.15) is 12.3 Å². The Hall–Kier alpha value is -2.36. The van der Waals surface area contributed by atoms with Crippen molar-refractivity contribution < 1.29 is 22.4 Å². The number of carbonyl (C=O) groups excluding carboxylic acids is 2. The second kappa shape index (κ2) is 8.34. The molecule has 2 aromatic rings. The lowest BCUT2D eigenvalue weighted by molar-refractivity contribution is -0.134. The first-order valence-corrected chi connectivity index (χ1v) is 10.5. The molecule has 0 radical (unpaired) electrons. The maximum absolute atomic E-state index is 12.7. The first-order valence-electron chi connectivity index (χ1n) is 8.66. The van der Waals surface area contributed by atoms with Crippen LogP contribution in [0.2, 0.25) is 5.02 Å². The number of hydrogen-bond donors (Lipinski definition) is 1. The number of rotatable bonds is 5. The van der Waals surface area contributed by atoms with Gasteiger partial charge in [0, 0.05) is 31.2 Å². The minimum absolute atomic E-state index is 0.164. The van der Waals surface area contributed by atoms with Crippen LogP contribution in [0.1, 0.15) is 17.3 Å². The summed E-state index contributed by atoms with van der Waals surface area (Å²) < 4.78 is 31.6. The van der Waals surface area contributed by atoms with Crippen molar-refractivity contribution in [2.45, 2.75) is 17.9 Å². The van der Waals surface area contributed by atoms with Crippen LogP contribution in [0, 0.1) is 0 Å². The van der Waals surface area contributed by atoms with Gasteiger partial charge in [-0.15, -0.1) is 0 Å². The Morgan fingerprint density at radius 1 is 1.11 bits per heavy atom. The van der Waals surface area contributed by atoms with Crippen molar-refractivity contribution in [2.75, 3.05) is 26.2 Å². The highest BCUT2D eigenvalue weighted by molar-refractivity contribution is 7.89. The molecule has 150 valence electrons. The van der Waals surface area contributed by atoms with E-state index in [0.717, 1.165) is 0 Å². The van der Waals surface area contributed by atoms with Gasteiger partial charge in [-0.05, 0) is 37.3 Å². The van der Waals surface area contributed by atoms with Crippen molar-refractivity contribution in [2.24, 2.45) is 0 Å². The summed E-state index contributed by atoms with van der Waals surface area (Å²) in [4.78, 5) is 26.3. The molecule has 1 aliphatic heterocycles. The summed E-state index contributed by atoms with van der Waals surface area (Å²) in [6.07, 6.45) is 2.68. The third-order valence-electron chi connectivity index (χ3n) is 4.50. The van der Waals surface area contributed by atoms with E-state index in [1.54, 1.807) is 11.8 Å². The number of sulfonamides is 1. The van der Waals surface area contributed by atoms with Crippen LogP contribution in [0.15, 0.2) is 52.2 Å². The van der Waals surface area contributed by atoms with Gasteiger partial charge in [-0.1, -0.05) is 11.6 Å². The van der Waals surface area contributed by atoms with Crippen LogP contribution in [0.25, 0.3) is 0 Å². The van der Waals surface area contributed by atoms with Crippen molar-refractivity contribution in [3.63, 3.8) is 0 Å². The Morgan fingerprint density at radius 2 is 1.75 bits per heavy atom. The Kier molecular flexibility index (Phi) is 6.07. The van der Waals surface area contributed by atoms with Crippen molar-refractivity contribution in [3.8, 4) is 0 Å². The standard InChI is InChI=1S/C18H20ClN3O5S/c1-13(20-17(23)14-6-11-27-12-14)18(24)21-7-9-22(10-8-21)28(25,26)16-4-2-15(19)3-5-16/h2-6,11-13H,7-10H2,1H3,(H,20,23). The molecule has 1 aliphatic rings. The molecule has 28 heavy (non-hydrogen) atoms. The first kappa shape index (κ1) is 20.4. The second-order valence-electron chi connectivity index (χ2n) is 6.39. The minimum Gasteiger partial charge on any atom is -0.472 e. The SMILES string of the molecule is CC(NC(=O)c1ccoc1)C(=O)N1CCN(S(=O)(=O)c2ccc(Cl)cc2)CC1. The molecule has 1 fully saturated rings. The lowest BCUT2D eigenvalue weighted by atomic mass is 10.2. The number of furan rings is 1. The molecular weight excluding hydrogens is 406 g/mol. The normalized spacial score (nSPS) is 16.6. The molecule has 2 heterocycles. The molecule has 10 heteroatoms. The average molecular weight is 426 g/mol. The number of nitrogens with one attached hydrogen (secondary N) is 1. The predicted octanol–water partition coefficient (Wildman–Crippen LogP) is 1.58. The number of halogens is 1. The predicted molar refractivity (Wildman–Crippen MR) is 102 cm³/mol. The maximum Gasteiger partial charge on any atom is 0.255 e. The number of carbonyl (C=O) groups is 2. The molecule has 1 unspecified atom stereocenters. The highest BCUT2D eigenvalue weighted by atomic mass is 35.5. The van der Waals surface area contributed by atoms with Gasteiger partial charge in [-0.3, -0.25) is 9.59 Å². The smallest absolute Gasteiger partial charge is 0.255 e. The van der Waals surface area contributed by atoms with E-state index in [0.29, 0.717) is 10.6 Å². The van der Waals surface area contributed by atoms with E-state index in [1.807, 2.05) is 0 Å². The van der Waals surface area contributed by atoms with Crippen LogP contribution < -0.4 is 5.32 Å². The Bertz CT molecular complexity index is 936. The van der Waals surface area contributed by atoms with Crippen LogP contribution in [-0.4, -0.2) is 61.7 Å². The number of hydrogen-bond acceptors (Lipinski definition) is 5. The van der Waals surface area contributed by atoms with E-state index in [-0.39, 0.29) is 37.0 Å². The van der Waals surface area contributed by atoms with Gasteiger partial charge in [0.05, 0.1) is 16.7 Å². The lowest BCUT2D eigenvalue weighted by Gasteiger charge is -2.35. The fraction of sp³-hybridized carbons (Fsp3) is 0.333. The lowest BCUT2D eigenvalue weighted by Crippen LogP contribution is -2.55. The van der Waals surface area contributed by atoms with Crippen LogP contribution in [0.3, 0.4) is 0 Å². The zero-order chi connectivity index (χ0) is 20.3. The summed E-state index contributed by atoms with van der Waals surface area (Å²) >= 11 is 5.81. The molecule has 1 atom stereocenters. The molecule has 1 aromatic heterocycles. The molecule has 0 aliphatic carbocycles. The molecule has 1 aromatic carbocycles. The van der Waals surface area contributed by atoms with Gasteiger partial charge in [0.2, 0.25) is 15.9 Å². The first-order chi connectivity index (χ1) is 13.3. The zero-order valence-electron chi connectivity index (χ0n) is 15.2. The fourth-order valence-corrected chi connectivity index (χ4v) is 4.46. The zero-order valence-corrected chi connectivity index (χ0v) is 16.7. The Balaban J connectivity index is 1.57. The van der Waals surface area contributed by atoms with Crippen molar-refractivity contribution in [1.82, 2.24) is 14.5 Å². The Morgan fingerprint density at radius 3 is 2.32 bits per heavy atom. The van der Waals surface area contributed by atoms with Gasteiger partial charge in [-0.25, -0.2) is 8.42 Å². The van der Waals surface area contributed by atoms with Crippen LogP contribution >= 0.6 is 11.6 Å². The van der Waals surface area contributed by atoms with E-state index in [4.69, 9.17) is 16.0 Å². The molecule has 1 N–H and O–H groups in total. The molecule has 0 spiro atoms. The molecule has 1 saturated heterocycles. The molecule has 8 nitrogen and oxygen atoms in total. The van der Waals surface area contributed by atoms with Gasteiger partial charge in [0.25, 0.3) is 5.91 Å². The summed E-state index contributed by atoms with van der Waals surface area (Å²) in [6, 6.07) is 6.75. The quantitative estimate of drug-likeness (QED) is 0.784. The largest absolute Gasteiger partial charge is 0.472 e. The summed E-state index contributed by atoms with van der Waals surface area (Å²) in [5.74, 6) is -0.668. The van der Waals surface area contributed by atoms with E-state index in [2.05, 4.69) is 5.32 Å². The average Bonchev–Trinajstić information content (AvgIpc) is 3.23. The highest BCUT2D eigenvalue weighted by Gasteiger charge is 2.31. The van der Waals surface area contributed by atoms with Gasteiger partial charge in [-0.2, -0.15) is 4.31 Å². The number of nitrogens with zero attached hydrogens (tertiary/aromatic N) is 2. The minimum atomic E-state index is -3.64. The van der Waals surface area contributed by atoms with Gasteiger partial charge >= 0.3 is 0 Å². The van der Waals surface area contributed by atoms with E-state index < -0.39 is 22.0 Å². The van der Waals surface area contributed by atoms with Gasteiger partial charge < -0.3 is 14.6 Å². The van der Waals surface area contributed by atoms with Crippen LogP contribution in [-0.2, 0) is 14.8 Å². The molecular formula is C18H20ClN3O5S. The van der Waals surface area contributed by atoms with E-state index >= 15 is 0 Å². The molecule has 2 amide bonds. The summed E-state index contributed by atoms with van der Waals surface area (Å²) in [7, 11) is -3.64. The van der Waals surface area contributed by atoms with Crippen LogP contribution in [0.4, 0.5) is 0 Å². The second-order valence-corrected chi connectivity index (χ2v) is 8.76. The highest BCUT2D eigenvalue weighted by Crippen LogP contribution is 2.20. The third kappa shape index (κ3) is 4.37. The van der Waals surface area contributed by atoms with Crippen molar-refractivity contribution in [3.05, 3.63) is 53.4 Å². The molecule has 0 saturated carbocycles. The topological polar surface area (TPSA) is 99.9 Å². The van der Waals surface area contributed by atoms with Crippen molar-refractivity contribution in [1.29, 1.82) is 0 Å². The van der Waals surface area contributed by atoms with E-state index in [9.17, 15) is 18.0 Å². The number of amides is 2. The fourth-order valence-electron chi connectivity index (χ4n) is 2.91. The summed E-state index contributed by atoms with van der Waals surface area (Å²) in [6.45, 7) is 2.45. The van der Waals surface area contributed by atoms with E-state index in [1.165, 1.54) is 47.2 Å². The summed E-state index contributed by atoms with van der Waals surface area (Å²) in [5, 5.41) is 3.08.